The molecule has 0 fully saturated rings. The summed E-state index contributed by atoms with van der Waals surface area (Å²) >= 11 is 0. The highest BCUT2D eigenvalue weighted by atomic mass is 16.5. The lowest BCUT2D eigenvalue weighted by molar-refractivity contribution is -0.121. The number of Topliss-reactive ketones (excluding diaryl/α,β-unsaturated/α-hetero) is 1. The standard InChI is InChI=1S/C76H99N5O11/c1-8-11-12-18-58-51(16-14-19-67(58)81-76(77)78-6)24-21-50(44-82)33-53-36-63-55(43-80-72(9-2)79-42-47(5)83)37-62(52-17-13-15-48(32-52)28-30-90-10-3)60-29-31-91-57(35-54(53)38-68(63)85)39-56(84)25-22-49-23-27-70(89-7)71(34-49)92-45-66-59-26-20-46(4)61-41-69(86)74(60)65(73(59)61)40-64(66)75(87)88/h13-17,19-20,23,26-27,32,34,36,38,40-41,46-47,50,53-55,57,60,62,72,75,79-80,82-83,85-88H,8-12,18,21-22,24-25,28,30,33,35,37,39,42-45H2,1-7H3,(H3,77,78,81)/t46-,47-,50-,53-,54+,55-,57-,60-,62-,72+/m0/s1. The van der Waals surface area contributed by atoms with E-state index in [0.717, 1.165) is 64.6 Å². The molecule has 0 amide bonds. The van der Waals surface area contributed by atoms with Crippen LogP contribution < -0.4 is 31.2 Å². The number of aryl methyl sites for hydroxylation is 2. The molecule has 2 aliphatic carbocycles. The molecule has 0 unspecified atom stereocenters. The summed E-state index contributed by atoms with van der Waals surface area (Å²) in [6, 6.07) is 23.8. The van der Waals surface area contributed by atoms with Crippen LogP contribution in [0.5, 0.6) is 17.2 Å². The zero-order chi connectivity index (χ0) is 65.4. The third-order valence-electron chi connectivity index (χ3n) is 19.3. The molecule has 4 aliphatic heterocycles. The van der Waals surface area contributed by atoms with Crippen LogP contribution in [0.15, 0.2) is 107 Å². The highest BCUT2D eigenvalue weighted by molar-refractivity contribution is 6.01. The van der Waals surface area contributed by atoms with Gasteiger partial charge in [0, 0.05) is 86.3 Å². The highest BCUT2D eigenvalue weighted by Crippen LogP contribution is 2.51. The number of fused-ring (bicyclic) bond motifs is 8. The number of anilines is 1. The Balaban J connectivity index is 1.26. The highest BCUT2D eigenvalue weighted by Gasteiger charge is 2.39. The predicted octanol–water partition coefficient (Wildman–Crippen LogP) is 12.0. The van der Waals surface area contributed by atoms with E-state index in [4.69, 9.17) is 24.7 Å². The molecule has 10 atom stereocenters. The molecule has 5 aromatic carbocycles. The Kier molecular flexibility index (Phi) is 24.9. The van der Waals surface area contributed by atoms with Gasteiger partial charge in [-0.25, -0.2) is 0 Å². The first-order valence-electron chi connectivity index (χ1n) is 33.6. The normalized spacial score (nSPS) is 21.8. The van der Waals surface area contributed by atoms with Crippen molar-refractivity contribution in [3.8, 4) is 29.3 Å². The van der Waals surface area contributed by atoms with Crippen LogP contribution in [0.2, 0.25) is 0 Å². The summed E-state index contributed by atoms with van der Waals surface area (Å²) in [4.78, 5) is 18.9. The molecule has 5 aromatic rings. The first kappa shape index (κ1) is 69.1. The summed E-state index contributed by atoms with van der Waals surface area (Å²) in [5, 5.41) is 83.1. The second kappa shape index (κ2) is 33.1. The number of nitrogens with one attached hydrogen (secondary N) is 3. The van der Waals surface area contributed by atoms with Gasteiger partial charge in [-0.1, -0.05) is 100 Å². The number of ether oxygens (including phenoxy) is 4. The Bertz CT molecular complexity index is 3530. The molecule has 6 aliphatic rings. The van der Waals surface area contributed by atoms with Gasteiger partial charge in [0.1, 0.15) is 36.1 Å². The lowest BCUT2D eigenvalue weighted by atomic mass is 9.70. The van der Waals surface area contributed by atoms with E-state index in [-0.39, 0.29) is 78.7 Å². The number of allylic oxidation sites excluding steroid dienone is 4. The van der Waals surface area contributed by atoms with Crippen molar-refractivity contribution >= 4 is 34.3 Å². The number of hydrogen-bond donors (Lipinski definition) is 10. The van der Waals surface area contributed by atoms with E-state index in [1.807, 2.05) is 67.6 Å². The number of phenols is 1. The Morgan fingerprint density at radius 3 is 2.52 bits per heavy atom. The summed E-state index contributed by atoms with van der Waals surface area (Å²) in [5.74, 6) is 2.18. The van der Waals surface area contributed by atoms with Crippen LogP contribution in [-0.2, 0) is 46.6 Å². The number of guanidine groups is 1. The molecule has 92 heavy (non-hydrogen) atoms. The molecular weight excluding hydrogens is 1160 g/mol. The van der Waals surface area contributed by atoms with Gasteiger partial charge in [0.15, 0.2) is 23.7 Å². The van der Waals surface area contributed by atoms with Crippen LogP contribution in [-0.4, -0.2) is 108 Å². The number of aromatic hydroxyl groups is 1. The van der Waals surface area contributed by atoms with E-state index in [2.05, 4.69) is 84.1 Å². The molecule has 11 N–H and O–H groups in total. The van der Waals surface area contributed by atoms with Gasteiger partial charge in [0.25, 0.3) is 0 Å². The molecule has 494 valence electrons. The molecule has 4 heterocycles. The van der Waals surface area contributed by atoms with Crippen molar-refractivity contribution in [3.63, 3.8) is 0 Å². The molecule has 0 aromatic heterocycles. The quantitative estimate of drug-likeness (QED) is 0.00858. The van der Waals surface area contributed by atoms with Crippen LogP contribution in [0, 0.1) is 35.7 Å². The van der Waals surface area contributed by atoms with Gasteiger partial charge >= 0.3 is 0 Å². The van der Waals surface area contributed by atoms with Crippen LogP contribution in [0.1, 0.15) is 179 Å². The number of nitrogens with two attached hydrogens (primary N) is 1. The number of methoxy groups -OCH3 is 1. The molecule has 0 spiro atoms. The van der Waals surface area contributed by atoms with Crippen molar-refractivity contribution in [3.05, 3.63) is 158 Å². The minimum absolute atomic E-state index is 0.0154. The van der Waals surface area contributed by atoms with Gasteiger partial charge < -0.3 is 66.0 Å². The first-order chi connectivity index (χ1) is 44.5. The van der Waals surface area contributed by atoms with Crippen LogP contribution in [0.3, 0.4) is 0 Å². The number of aliphatic hydroxyl groups is 5. The summed E-state index contributed by atoms with van der Waals surface area (Å²) in [6.07, 6.45) is 16.5. The van der Waals surface area contributed by atoms with Crippen molar-refractivity contribution in [1.29, 1.82) is 0 Å². The predicted molar refractivity (Wildman–Crippen MR) is 365 cm³/mol. The lowest BCUT2D eigenvalue weighted by Gasteiger charge is -2.36. The van der Waals surface area contributed by atoms with E-state index in [1.54, 1.807) is 27.1 Å². The van der Waals surface area contributed by atoms with Gasteiger partial charge in [0.2, 0.25) is 0 Å². The van der Waals surface area contributed by atoms with Crippen molar-refractivity contribution in [2.75, 3.05) is 52.4 Å². The number of ketones is 1. The number of benzene rings is 5. The second-order valence-corrected chi connectivity index (χ2v) is 25.7. The Morgan fingerprint density at radius 2 is 1.77 bits per heavy atom. The van der Waals surface area contributed by atoms with Crippen molar-refractivity contribution in [2.24, 2.45) is 34.4 Å². The second-order valence-electron chi connectivity index (χ2n) is 25.7. The van der Waals surface area contributed by atoms with Gasteiger partial charge in [-0.15, -0.1) is 0 Å². The van der Waals surface area contributed by atoms with Crippen molar-refractivity contribution < 1.29 is 54.4 Å². The largest absolute Gasteiger partial charge is 0.508 e. The number of hydrogen-bond acceptors (Lipinski definition) is 14. The Labute approximate surface area is 544 Å². The first-order valence-corrected chi connectivity index (χ1v) is 33.6. The summed E-state index contributed by atoms with van der Waals surface area (Å²) in [5.41, 5.74) is 15.8. The number of aliphatic hydroxyl groups excluding tert-OH is 4. The van der Waals surface area contributed by atoms with Crippen LogP contribution >= 0.6 is 0 Å². The van der Waals surface area contributed by atoms with E-state index in [0.29, 0.717) is 117 Å². The maximum atomic E-state index is 14.7. The number of carbonyl (C=O) groups excluding carboxylic acids is 1. The summed E-state index contributed by atoms with van der Waals surface area (Å²) in [7, 11) is 3.23. The molecule has 0 radical (unpaired) electrons. The zero-order valence-electron chi connectivity index (χ0n) is 55.0. The molecular formula is C76H99N5O11. The average Bonchev–Trinajstić information content (AvgIpc) is 0.750. The Morgan fingerprint density at radius 1 is 0.946 bits per heavy atom. The molecule has 16 nitrogen and oxygen atoms in total. The smallest absolute Gasteiger partial charge is 0.192 e. The van der Waals surface area contributed by atoms with Gasteiger partial charge in [-0.2, -0.15) is 0 Å². The topological polar surface area (TPSA) is 250 Å². The fraction of sp³-hybridized carbons (Fsp3) is 0.500. The summed E-state index contributed by atoms with van der Waals surface area (Å²) in [6.45, 7) is 11.7. The molecule has 0 saturated carbocycles. The van der Waals surface area contributed by atoms with Gasteiger partial charge in [0.05, 0.1) is 31.9 Å². The maximum absolute atomic E-state index is 14.7. The number of carbonyl (C=O) groups is 1. The van der Waals surface area contributed by atoms with E-state index in [9.17, 15) is 35.4 Å². The minimum atomic E-state index is -1.95. The molecule has 0 saturated heterocycles. The minimum Gasteiger partial charge on any atom is -0.508 e. The number of unbranched alkanes of at least 4 members (excludes halogenated alkanes) is 2. The zero-order valence-corrected chi connectivity index (χ0v) is 55.0. The third-order valence-corrected chi connectivity index (χ3v) is 19.3. The molecule has 16 heteroatoms. The van der Waals surface area contributed by atoms with Crippen molar-refractivity contribution in [2.45, 2.75) is 174 Å². The number of aliphatic imine (C=N–C) groups is 1. The SMILES string of the molecule is CCCCCc1c(CC[C@H](CO)C[C@H]2C=C3C(O)=C[C@H]2C[C@H]2CC(=O)CCc4ccc(OC)c(c4)OCc4c(C(O)O)cc5c(c(O)cc6c5c4C=C[C@@H]6C)[C@@H](C#CO2)[C@H](c2cccc(CCOCC)c2)C[C@H]3CN[C@H](CC)NC[C@H](C)O)cccc1NC(N)=NC. The van der Waals surface area contributed by atoms with Gasteiger partial charge in [-0.3, -0.25) is 15.1 Å². The summed E-state index contributed by atoms with van der Waals surface area (Å²) < 4.78 is 25.3. The molecule has 11 rings (SSSR count). The number of rotatable bonds is 25. The molecule has 10 bridgehead atoms. The van der Waals surface area contributed by atoms with Crippen molar-refractivity contribution in [1.82, 2.24) is 10.6 Å². The van der Waals surface area contributed by atoms with E-state index < -0.39 is 36.3 Å². The van der Waals surface area contributed by atoms with Crippen LogP contribution in [0.4, 0.5) is 5.69 Å². The van der Waals surface area contributed by atoms with E-state index in [1.165, 1.54) is 11.1 Å². The Hall–Kier alpha value is -7.20. The fourth-order valence-corrected chi connectivity index (χ4v) is 14.3. The van der Waals surface area contributed by atoms with Crippen LogP contribution in [0.25, 0.3) is 16.8 Å². The number of nitrogens with zero attached hydrogens (tertiary/aromatic N) is 1. The lowest BCUT2D eigenvalue weighted by Crippen LogP contribution is -2.46. The maximum Gasteiger partial charge on any atom is 0.192 e. The fourth-order valence-electron chi connectivity index (χ4n) is 14.3. The third kappa shape index (κ3) is 17.1. The number of phenolic OH excluding ortho intramolecular Hbond substituents is 1. The average molecular weight is 1260 g/mol. The van der Waals surface area contributed by atoms with E-state index >= 15 is 0 Å². The van der Waals surface area contributed by atoms with Gasteiger partial charge in [-0.05, 0) is 188 Å². The monoisotopic (exact) mass is 1260 g/mol.